The van der Waals surface area contributed by atoms with Crippen molar-refractivity contribution < 1.29 is 9.90 Å². The van der Waals surface area contributed by atoms with Crippen molar-refractivity contribution in [3.8, 4) is 0 Å². The van der Waals surface area contributed by atoms with Crippen molar-refractivity contribution in [1.29, 1.82) is 0 Å². The Morgan fingerprint density at radius 2 is 2.36 bits per heavy atom. The van der Waals surface area contributed by atoms with Gasteiger partial charge in [-0.15, -0.1) is 0 Å². The van der Waals surface area contributed by atoms with Gasteiger partial charge >= 0.3 is 0 Å². The molecule has 0 aliphatic heterocycles. The van der Waals surface area contributed by atoms with Gasteiger partial charge in [0, 0.05) is 0 Å². The van der Waals surface area contributed by atoms with E-state index in [0.29, 0.717) is 0 Å². The Bertz CT molecular complexity index is 161. The van der Waals surface area contributed by atoms with Gasteiger partial charge in [-0.05, 0) is 26.7 Å². The van der Waals surface area contributed by atoms with Crippen LogP contribution in [-0.4, -0.2) is 23.2 Å². The van der Waals surface area contributed by atoms with E-state index in [1.807, 2.05) is 6.42 Å². The first-order chi connectivity index (χ1) is 5.05. The second-order valence-electron chi connectivity index (χ2n) is 3.43. The van der Waals surface area contributed by atoms with Gasteiger partial charge in [0.1, 0.15) is 0 Å². The molecule has 62 valence electrons. The van der Waals surface area contributed by atoms with Crippen LogP contribution in [0.25, 0.3) is 0 Å². The van der Waals surface area contributed by atoms with Crippen LogP contribution in [0.5, 0.6) is 0 Å². The summed E-state index contributed by atoms with van der Waals surface area (Å²) in [5.41, 5.74) is -0.499. The molecule has 0 heterocycles. The van der Waals surface area contributed by atoms with Crippen LogP contribution >= 0.6 is 0 Å². The van der Waals surface area contributed by atoms with Crippen LogP contribution in [0.15, 0.2) is 0 Å². The fourth-order valence-electron chi connectivity index (χ4n) is 0.664. The molecule has 3 nitrogen and oxygen atoms in total. The van der Waals surface area contributed by atoms with Gasteiger partial charge in [0.2, 0.25) is 5.91 Å². The zero-order chi connectivity index (χ0) is 8.48. The Morgan fingerprint density at radius 3 is 2.73 bits per heavy atom. The van der Waals surface area contributed by atoms with Crippen molar-refractivity contribution in [2.24, 2.45) is 0 Å². The second-order valence-corrected chi connectivity index (χ2v) is 3.43. The fourth-order valence-corrected chi connectivity index (χ4v) is 0.664. The molecule has 1 aliphatic carbocycles. The molecular weight excluding hydrogens is 142 g/mol. The Hall–Kier alpha value is -0.570. The summed E-state index contributed by atoms with van der Waals surface area (Å²) in [5.74, 6) is 0.774. The number of aliphatic hydroxyl groups excluding tert-OH is 1. The van der Waals surface area contributed by atoms with E-state index in [4.69, 9.17) is 5.11 Å². The molecule has 0 aromatic carbocycles. The average molecular weight is 155 g/mol. The third-order valence-corrected chi connectivity index (χ3v) is 1.55. The number of aliphatic hydroxyl groups is 1. The van der Waals surface area contributed by atoms with Crippen molar-refractivity contribution >= 4 is 5.91 Å². The first-order valence-corrected chi connectivity index (χ1v) is 3.67. The molecule has 0 spiro atoms. The van der Waals surface area contributed by atoms with Gasteiger partial charge in [-0.1, -0.05) is 0 Å². The second kappa shape index (κ2) is 2.81. The highest BCUT2D eigenvalue weighted by Gasteiger charge is 2.33. The highest BCUT2D eigenvalue weighted by atomic mass is 16.3. The van der Waals surface area contributed by atoms with Crippen molar-refractivity contribution in [3.05, 3.63) is 12.3 Å². The van der Waals surface area contributed by atoms with Gasteiger partial charge < -0.3 is 10.4 Å². The van der Waals surface area contributed by atoms with Crippen LogP contribution in [0.2, 0.25) is 0 Å². The quantitative estimate of drug-likeness (QED) is 0.605. The lowest BCUT2D eigenvalue weighted by molar-refractivity contribution is -0.120. The van der Waals surface area contributed by atoms with Crippen molar-refractivity contribution in [3.63, 3.8) is 0 Å². The molecule has 0 aromatic rings. The Balaban J connectivity index is 2.33. The first-order valence-electron chi connectivity index (χ1n) is 3.67. The monoisotopic (exact) mass is 155 g/mol. The highest BCUT2D eigenvalue weighted by Crippen LogP contribution is 2.30. The van der Waals surface area contributed by atoms with E-state index in [-0.39, 0.29) is 12.5 Å². The smallest absolute Gasteiger partial charge is 0.228 e. The lowest BCUT2D eigenvalue weighted by Crippen LogP contribution is -2.46. The molecule has 1 saturated carbocycles. The molecule has 2 N–H and O–H groups in total. The fraction of sp³-hybridized carbons (Fsp3) is 0.625. The molecule has 1 fully saturated rings. The summed E-state index contributed by atoms with van der Waals surface area (Å²) in [6.07, 6.45) is 2.66. The van der Waals surface area contributed by atoms with Gasteiger partial charge in [0.05, 0.1) is 18.1 Å². The normalized spacial score (nSPS) is 18.1. The predicted octanol–water partition coefficient (Wildman–Crippen LogP) is 0.0560. The maximum Gasteiger partial charge on any atom is 0.228 e. The molecule has 11 heavy (non-hydrogen) atoms. The van der Waals surface area contributed by atoms with Crippen LogP contribution in [0.4, 0.5) is 0 Å². The van der Waals surface area contributed by atoms with Gasteiger partial charge in [0.15, 0.2) is 0 Å². The molecule has 0 bridgehead atoms. The number of carbonyl (C=O) groups is 1. The minimum atomic E-state index is -0.499. The minimum Gasteiger partial charge on any atom is -0.394 e. The molecular formula is C8H13NO2. The van der Waals surface area contributed by atoms with E-state index in [1.54, 1.807) is 13.8 Å². The summed E-state index contributed by atoms with van der Waals surface area (Å²) >= 11 is 0. The summed E-state index contributed by atoms with van der Waals surface area (Å²) in [5, 5.41) is 11.5. The summed E-state index contributed by atoms with van der Waals surface area (Å²) < 4.78 is 0. The van der Waals surface area contributed by atoms with E-state index in [9.17, 15) is 4.79 Å². The lowest BCUT2D eigenvalue weighted by Gasteiger charge is -2.23. The van der Waals surface area contributed by atoms with E-state index in [1.165, 1.54) is 0 Å². The Morgan fingerprint density at radius 1 is 1.82 bits per heavy atom. The molecule has 1 rings (SSSR count). The number of carbonyl (C=O) groups excluding carboxylic acids is 1. The van der Waals surface area contributed by atoms with Crippen LogP contribution in [-0.2, 0) is 4.79 Å². The third kappa shape index (κ3) is 2.50. The number of hydrogen-bond acceptors (Lipinski definition) is 2. The molecule has 0 saturated heterocycles. The molecule has 2 radical (unpaired) electrons. The van der Waals surface area contributed by atoms with Crippen LogP contribution in [0.3, 0.4) is 0 Å². The predicted molar refractivity (Wildman–Crippen MR) is 41.5 cm³/mol. The zero-order valence-corrected chi connectivity index (χ0v) is 6.85. The first kappa shape index (κ1) is 8.53. The summed E-state index contributed by atoms with van der Waals surface area (Å²) in [6, 6.07) is 0. The van der Waals surface area contributed by atoms with E-state index >= 15 is 0 Å². The summed E-state index contributed by atoms with van der Waals surface area (Å²) in [4.78, 5) is 11.1. The lowest BCUT2D eigenvalue weighted by atomic mass is 10.1. The number of rotatable bonds is 3. The molecule has 1 aliphatic rings. The number of amides is 1. The van der Waals surface area contributed by atoms with Crippen molar-refractivity contribution in [2.75, 3.05) is 6.61 Å². The Kier molecular flexibility index (Phi) is 2.18. The molecule has 3 heteroatoms. The molecule has 0 unspecified atom stereocenters. The van der Waals surface area contributed by atoms with E-state index < -0.39 is 5.54 Å². The SMILES string of the molecule is CC(C)(CO)NC(=O)[C]1[CH]C1. The average Bonchev–Trinajstić information content (AvgIpc) is 2.67. The number of nitrogens with one attached hydrogen (secondary N) is 1. The standard InChI is InChI=1S/C8H13NO2/c1-8(2,5-10)9-7(11)6-3-4-6/h3,10H,4-5H2,1-2H3,(H,9,11). The molecule has 0 aromatic heterocycles. The largest absolute Gasteiger partial charge is 0.394 e. The van der Waals surface area contributed by atoms with Gasteiger partial charge in [-0.2, -0.15) is 0 Å². The van der Waals surface area contributed by atoms with Crippen LogP contribution < -0.4 is 5.32 Å². The van der Waals surface area contributed by atoms with Gasteiger partial charge in [0.25, 0.3) is 0 Å². The van der Waals surface area contributed by atoms with E-state index in [0.717, 1.165) is 12.3 Å². The highest BCUT2D eigenvalue weighted by molar-refractivity contribution is 5.96. The summed E-state index contributed by atoms with van der Waals surface area (Å²) in [6.45, 7) is 3.54. The topological polar surface area (TPSA) is 49.3 Å². The number of hydrogen-bond donors (Lipinski definition) is 2. The van der Waals surface area contributed by atoms with Crippen molar-refractivity contribution in [1.82, 2.24) is 5.32 Å². The van der Waals surface area contributed by atoms with E-state index in [2.05, 4.69) is 5.32 Å². The van der Waals surface area contributed by atoms with Gasteiger partial charge in [-0.25, -0.2) is 0 Å². The minimum absolute atomic E-state index is 0.0357. The molecule has 1 amide bonds. The van der Waals surface area contributed by atoms with Gasteiger partial charge in [-0.3, -0.25) is 4.79 Å². The van der Waals surface area contributed by atoms with Crippen LogP contribution in [0, 0.1) is 12.3 Å². The van der Waals surface area contributed by atoms with Crippen molar-refractivity contribution in [2.45, 2.75) is 25.8 Å². The van der Waals surface area contributed by atoms with Crippen LogP contribution in [0.1, 0.15) is 20.3 Å². The molecule has 0 atom stereocenters. The Labute approximate surface area is 66.8 Å². The maximum absolute atomic E-state index is 11.1. The zero-order valence-electron chi connectivity index (χ0n) is 6.85. The maximum atomic E-state index is 11.1. The third-order valence-electron chi connectivity index (χ3n) is 1.55. The summed E-state index contributed by atoms with van der Waals surface area (Å²) in [7, 11) is 0.